The number of phenolic OH excluding ortho intramolecular Hbond substituents is 1. The third-order valence-electron chi connectivity index (χ3n) is 1.98. The topological polar surface area (TPSA) is 72.6 Å². The summed E-state index contributed by atoms with van der Waals surface area (Å²) >= 11 is 3.04. The molecule has 0 saturated carbocycles. The maximum absolute atomic E-state index is 10.6. The van der Waals surface area contributed by atoms with Crippen LogP contribution < -0.4 is 4.74 Å². The molecule has 0 bridgehead atoms. The van der Waals surface area contributed by atoms with Crippen LogP contribution in [-0.2, 0) is 0 Å². The minimum atomic E-state index is -0.646. The Kier molecular flexibility index (Phi) is 4.54. The van der Waals surface area contributed by atoms with Crippen LogP contribution in [-0.4, -0.2) is 16.6 Å². The van der Waals surface area contributed by atoms with Gasteiger partial charge in [0.15, 0.2) is 0 Å². The van der Waals surface area contributed by atoms with Crippen LogP contribution in [0, 0.1) is 10.1 Å². The lowest BCUT2D eigenvalue weighted by Gasteiger charge is -2.06. The second-order valence-electron chi connectivity index (χ2n) is 3.23. The molecule has 16 heavy (non-hydrogen) atoms. The lowest BCUT2D eigenvalue weighted by Crippen LogP contribution is -1.98. The molecule has 0 heterocycles. The molecule has 5 nitrogen and oxygen atoms in total. The Morgan fingerprint density at radius 3 is 2.81 bits per heavy atom. The largest absolute Gasteiger partial charge is 0.501 e. The van der Waals surface area contributed by atoms with Crippen molar-refractivity contribution in [2.45, 2.75) is 19.8 Å². The van der Waals surface area contributed by atoms with Crippen molar-refractivity contribution in [2.24, 2.45) is 0 Å². The number of phenols is 1. The van der Waals surface area contributed by atoms with E-state index in [-0.39, 0.29) is 15.9 Å². The van der Waals surface area contributed by atoms with Crippen LogP contribution in [0.2, 0.25) is 0 Å². The highest BCUT2D eigenvalue weighted by molar-refractivity contribution is 9.10. The maximum atomic E-state index is 10.6. The third kappa shape index (κ3) is 3.10. The van der Waals surface area contributed by atoms with E-state index in [1.54, 1.807) is 0 Å². The number of hydrogen-bond acceptors (Lipinski definition) is 4. The van der Waals surface area contributed by atoms with Gasteiger partial charge in [-0.2, -0.15) is 0 Å². The summed E-state index contributed by atoms with van der Waals surface area (Å²) in [6, 6.07) is 2.73. The van der Waals surface area contributed by atoms with Crippen molar-refractivity contribution in [3.8, 4) is 11.5 Å². The second kappa shape index (κ2) is 5.69. The van der Waals surface area contributed by atoms with Gasteiger partial charge in [-0.15, -0.1) is 0 Å². The normalized spacial score (nSPS) is 10.1. The summed E-state index contributed by atoms with van der Waals surface area (Å²) < 4.78 is 5.59. The average molecular weight is 290 g/mol. The van der Waals surface area contributed by atoms with Crippen molar-refractivity contribution in [3.05, 3.63) is 26.7 Å². The predicted molar refractivity (Wildman–Crippen MR) is 62.9 cm³/mol. The van der Waals surface area contributed by atoms with Crippen molar-refractivity contribution in [2.75, 3.05) is 6.61 Å². The molecule has 1 aromatic carbocycles. The van der Waals surface area contributed by atoms with Gasteiger partial charge in [-0.1, -0.05) is 13.3 Å². The Morgan fingerprint density at radius 1 is 1.56 bits per heavy atom. The summed E-state index contributed by atoms with van der Waals surface area (Å²) in [4.78, 5) is 9.98. The van der Waals surface area contributed by atoms with E-state index in [1.807, 2.05) is 6.92 Å². The van der Waals surface area contributed by atoms with Crippen LogP contribution in [0.1, 0.15) is 19.8 Å². The smallest absolute Gasteiger partial charge is 0.315 e. The quantitative estimate of drug-likeness (QED) is 0.513. The first kappa shape index (κ1) is 12.8. The van der Waals surface area contributed by atoms with Crippen LogP contribution in [0.5, 0.6) is 11.5 Å². The molecule has 0 aromatic heterocycles. The number of hydrogen-bond donors (Lipinski definition) is 1. The molecule has 0 spiro atoms. The van der Waals surface area contributed by atoms with Crippen molar-refractivity contribution in [3.63, 3.8) is 0 Å². The Balaban J connectivity index is 2.91. The molecular weight excluding hydrogens is 278 g/mol. The van der Waals surface area contributed by atoms with E-state index in [1.165, 1.54) is 12.1 Å². The summed E-state index contributed by atoms with van der Waals surface area (Å²) in [7, 11) is 0. The molecule has 0 unspecified atom stereocenters. The summed E-state index contributed by atoms with van der Waals surface area (Å²) in [5.74, 6) is -0.00216. The number of rotatable bonds is 5. The number of ether oxygens (including phenoxy) is 1. The van der Waals surface area contributed by atoms with Crippen molar-refractivity contribution in [1.29, 1.82) is 0 Å². The van der Waals surface area contributed by atoms with E-state index in [0.29, 0.717) is 12.4 Å². The highest BCUT2D eigenvalue weighted by Crippen LogP contribution is 2.37. The van der Waals surface area contributed by atoms with Crippen molar-refractivity contribution in [1.82, 2.24) is 0 Å². The van der Waals surface area contributed by atoms with E-state index in [4.69, 9.17) is 4.74 Å². The lowest BCUT2D eigenvalue weighted by atomic mass is 10.3. The lowest BCUT2D eigenvalue weighted by molar-refractivity contribution is -0.386. The Hall–Kier alpha value is -1.30. The predicted octanol–water partition coefficient (Wildman–Crippen LogP) is 3.24. The molecule has 0 fully saturated rings. The van der Waals surface area contributed by atoms with Crippen LogP contribution >= 0.6 is 15.9 Å². The fraction of sp³-hybridized carbons (Fsp3) is 0.400. The van der Waals surface area contributed by atoms with Gasteiger partial charge in [-0.3, -0.25) is 10.1 Å². The van der Waals surface area contributed by atoms with Gasteiger partial charge in [0.25, 0.3) is 0 Å². The van der Waals surface area contributed by atoms with Gasteiger partial charge >= 0.3 is 5.69 Å². The monoisotopic (exact) mass is 289 g/mol. The Bertz CT molecular complexity index is 395. The molecule has 0 saturated heterocycles. The average Bonchev–Trinajstić information content (AvgIpc) is 2.23. The van der Waals surface area contributed by atoms with Crippen LogP contribution in [0.4, 0.5) is 5.69 Å². The van der Waals surface area contributed by atoms with Crippen molar-refractivity contribution >= 4 is 21.6 Å². The van der Waals surface area contributed by atoms with Gasteiger partial charge in [0.05, 0.1) is 22.1 Å². The first-order valence-electron chi connectivity index (χ1n) is 4.86. The highest BCUT2D eigenvalue weighted by Gasteiger charge is 2.18. The fourth-order valence-electron chi connectivity index (χ4n) is 1.12. The Morgan fingerprint density at radius 2 is 2.25 bits per heavy atom. The number of nitrogens with zero attached hydrogens (tertiary/aromatic N) is 1. The highest BCUT2D eigenvalue weighted by atomic mass is 79.9. The zero-order valence-corrected chi connectivity index (χ0v) is 10.4. The van der Waals surface area contributed by atoms with Gasteiger partial charge < -0.3 is 9.84 Å². The first-order chi connectivity index (χ1) is 7.56. The molecule has 1 aromatic rings. The molecule has 0 aliphatic heterocycles. The minimum Gasteiger partial charge on any atom is -0.501 e. The summed E-state index contributed by atoms with van der Waals surface area (Å²) in [5.41, 5.74) is -0.360. The zero-order chi connectivity index (χ0) is 12.1. The molecule has 1 rings (SSSR count). The van der Waals surface area contributed by atoms with E-state index in [9.17, 15) is 15.2 Å². The number of benzene rings is 1. The molecule has 88 valence electrons. The molecule has 0 radical (unpaired) electrons. The number of nitro benzene ring substituents is 1. The molecule has 0 aliphatic rings. The van der Waals surface area contributed by atoms with Crippen molar-refractivity contribution < 1.29 is 14.8 Å². The summed E-state index contributed by atoms with van der Waals surface area (Å²) in [6.45, 7) is 2.53. The third-order valence-corrected chi connectivity index (χ3v) is 2.58. The fourth-order valence-corrected chi connectivity index (χ4v) is 1.55. The summed E-state index contributed by atoms with van der Waals surface area (Å²) in [5, 5.41) is 20.0. The standard InChI is InChI=1S/C10H12BrNO4/c1-2-3-4-16-7-5-8(11)10(13)9(6-7)12(14)15/h5-6,13H,2-4H2,1H3. The number of aromatic hydroxyl groups is 1. The van der Waals surface area contributed by atoms with Gasteiger partial charge in [-0.25, -0.2) is 0 Å². The van der Waals surface area contributed by atoms with Gasteiger partial charge in [0.1, 0.15) is 5.75 Å². The molecule has 0 amide bonds. The molecule has 0 aliphatic carbocycles. The van der Waals surface area contributed by atoms with Crippen LogP contribution in [0.25, 0.3) is 0 Å². The zero-order valence-electron chi connectivity index (χ0n) is 8.77. The maximum Gasteiger partial charge on any atom is 0.315 e. The minimum absolute atomic E-state index is 0.258. The van der Waals surface area contributed by atoms with Crippen LogP contribution in [0.15, 0.2) is 16.6 Å². The van der Waals surface area contributed by atoms with Gasteiger partial charge in [0, 0.05) is 0 Å². The Labute approximate surface area is 101 Å². The molecule has 0 atom stereocenters. The second-order valence-corrected chi connectivity index (χ2v) is 4.09. The SMILES string of the molecule is CCCCOc1cc(Br)c(O)c([N+](=O)[O-])c1. The number of halogens is 1. The van der Waals surface area contributed by atoms with E-state index < -0.39 is 4.92 Å². The summed E-state index contributed by atoms with van der Waals surface area (Å²) in [6.07, 6.45) is 1.87. The van der Waals surface area contributed by atoms with E-state index >= 15 is 0 Å². The number of nitro groups is 1. The van der Waals surface area contributed by atoms with Gasteiger partial charge in [-0.05, 0) is 28.4 Å². The molecule has 1 N–H and O–H groups in total. The van der Waals surface area contributed by atoms with E-state index in [0.717, 1.165) is 12.8 Å². The van der Waals surface area contributed by atoms with Gasteiger partial charge in [0.2, 0.25) is 5.75 Å². The molecular formula is C10H12BrNO4. The first-order valence-corrected chi connectivity index (χ1v) is 5.65. The van der Waals surface area contributed by atoms with Crippen LogP contribution in [0.3, 0.4) is 0 Å². The molecule has 6 heteroatoms. The number of unbranched alkanes of at least 4 members (excludes halogenated alkanes) is 1. The van der Waals surface area contributed by atoms with E-state index in [2.05, 4.69) is 15.9 Å².